The maximum absolute atomic E-state index is 3.48. The smallest absolute Gasteiger partial charge is 0.0578 e. The van der Waals surface area contributed by atoms with Gasteiger partial charge in [0, 0.05) is 10.6 Å². The van der Waals surface area contributed by atoms with Crippen LogP contribution in [0.1, 0.15) is 23.4 Å². The Morgan fingerprint density at radius 2 is 1.87 bits per heavy atom. The van der Waals surface area contributed by atoms with Gasteiger partial charge in [-0.1, -0.05) is 23.8 Å². The standard InChI is InChI=1S/C13H15NS/c1-10-5-7-12(8-6-10)14-11(2)13-4-3-9-15-13/h3-9,11,14H,1-2H3/t11-/m0/s1. The van der Waals surface area contributed by atoms with E-state index in [-0.39, 0.29) is 0 Å². The highest BCUT2D eigenvalue weighted by molar-refractivity contribution is 7.10. The Balaban J connectivity index is 2.06. The number of thiophene rings is 1. The second kappa shape index (κ2) is 4.49. The molecule has 0 aliphatic heterocycles. The van der Waals surface area contributed by atoms with Crippen LogP contribution >= 0.6 is 11.3 Å². The van der Waals surface area contributed by atoms with Gasteiger partial charge in [0.2, 0.25) is 0 Å². The number of hydrogen-bond donors (Lipinski definition) is 1. The van der Waals surface area contributed by atoms with Gasteiger partial charge in [-0.15, -0.1) is 11.3 Å². The van der Waals surface area contributed by atoms with Crippen LogP contribution in [0, 0.1) is 6.92 Å². The van der Waals surface area contributed by atoms with Gasteiger partial charge < -0.3 is 5.32 Å². The fraction of sp³-hybridized carbons (Fsp3) is 0.231. The van der Waals surface area contributed by atoms with Crippen molar-refractivity contribution in [3.05, 3.63) is 52.2 Å². The van der Waals surface area contributed by atoms with E-state index < -0.39 is 0 Å². The highest BCUT2D eigenvalue weighted by Crippen LogP contribution is 2.22. The second-order valence-corrected chi connectivity index (χ2v) is 4.73. The molecule has 1 N–H and O–H groups in total. The third kappa shape index (κ3) is 2.60. The fourth-order valence-corrected chi connectivity index (χ4v) is 2.24. The molecule has 0 radical (unpaired) electrons. The summed E-state index contributed by atoms with van der Waals surface area (Å²) in [6.45, 7) is 4.29. The summed E-state index contributed by atoms with van der Waals surface area (Å²) >= 11 is 1.79. The molecule has 0 aliphatic carbocycles. The third-order valence-electron chi connectivity index (χ3n) is 2.40. The molecule has 2 rings (SSSR count). The van der Waals surface area contributed by atoms with Gasteiger partial charge in [0.25, 0.3) is 0 Å². The first-order valence-corrected chi connectivity index (χ1v) is 6.00. The summed E-state index contributed by atoms with van der Waals surface area (Å²) in [6.07, 6.45) is 0. The zero-order valence-corrected chi connectivity index (χ0v) is 9.84. The predicted molar refractivity (Wildman–Crippen MR) is 67.5 cm³/mol. The number of rotatable bonds is 3. The van der Waals surface area contributed by atoms with E-state index in [1.165, 1.54) is 16.1 Å². The van der Waals surface area contributed by atoms with E-state index in [1.807, 2.05) is 0 Å². The lowest BCUT2D eigenvalue weighted by atomic mass is 10.2. The van der Waals surface area contributed by atoms with Crippen molar-refractivity contribution in [3.63, 3.8) is 0 Å². The Bertz CT molecular complexity index is 403. The zero-order valence-electron chi connectivity index (χ0n) is 9.03. The molecule has 78 valence electrons. The topological polar surface area (TPSA) is 12.0 Å². The predicted octanol–water partition coefficient (Wildman–Crippen LogP) is 4.23. The maximum Gasteiger partial charge on any atom is 0.0578 e. The third-order valence-corrected chi connectivity index (χ3v) is 3.46. The summed E-state index contributed by atoms with van der Waals surface area (Å²) in [6, 6.07) is 13.1. The van der Waals surface area contributed by atoms with E-state index in [2.05, 4.69) is 60.9 Å². The van der Waals surface area contributed by atoms with Gasteiger partial charge in [0.15, 0.2) is 0 Å². The Morgan fingerprint density at radius 1 is 1.13 bits per heavy atom. The molecule has 1 atom stereocenters. The quantitative estimate of drug-likeness (QED) is 0.811. The Labute approximate surface area is 94.8 Å². The highest BCUT2D eigenvalue weighted by Gasteiger charge is 2.05. The summed E-state index contributed by atoms with van der Waals surface area (Å²) in [5, 5.41) is 5.60. The summed E-state index contributed by atoms with van der Waals surface area (Å²) in [5.74, 6) is 0. The molecule has 1 aromatic carbocycles. The van der Waals surface area contributed by atoms with Crippen molar-refractivity contribution < 1.29 is 0 Å². The van der Waals surface area contributed by atoms with E-state index in [0.29, 0.717) is 6.04 Å². The largest absolute Gasteiger partial charge is 0.378 e. The van der Waals surface area contributed by atoms with E-state index in [4.69, 9.17) is 0 Å². The van der Waals surface area contributed by atoms with Crippen LogP contribution in [0.25, 0.3) is 0 Å². The van der Waals surface area contributed by atoms with Gasteiger partial charge in [-0.25, -0.2) is 0 Å². The van der Waals surface area contributed by atoms with E-state index >= 15 is 0 Å². The van der Waals surface area contributed by atoms with Gasteiger partial charge in [-0.2, -0.15) is 0 Å². The van der Waals surface area contributed by atoms with Gasteiger partial charge in [-0.3, -0.25) is 0 Å². The molecular formula is C13H15NS. The van der Waals surface area contributed by atoms with Gasteiger partial charge in [0.1, 0.15) is 0 Å². The molecule has 2 heteroatoms. The number of aryl methyl sites for hydroxylation is 1. The van der Waals surface area contributed by atoms with Crippen LogP contribution in [0.4, 0.5) is 5.69 Å². The lowest BCUT2D eigenvalue weighted by Crippen LogP contribution is -2.04. The minimum atomic E-state index is 0.382. The lowest BCUT2D eigenvalue weighted by molar-refractivity contribution is 0.908. The SMILES string of the molecule is Cc1ccc(N[C@@H](C)c2cccs2)cc1. The van der Waals surface area contributed by atoms with Crippen LogP contribution in [0.15, 0.2) is 41.8 Å². The number of anilines is 1. The van der Waals surface area contributed by atoms with E-state index in [1.54, 1.807) is 11.3 Å². The van der Waals surface area contributed by atoms with Crippen molar-refractivity contribution in [3.8, 4) is 0 Å². The fourth-order valence-electron chi connectivity index (χ4n) is 1.51. The molecule has 0 fully saturated rings. The molecule has 1 nitrogen and oxygen atoms in total. The number of nitrogens with one attached hydrogen (secondary N) is 1. The molecule has 1 heterocycles. The first-order chi connectivity index (χ1) is 7.25. The summed E-state index contributed by atoms with van der Waals surface area (Å²) in [4.78, 5) is 1.37. The molecular weight excluding hydrogens is 202 g/mol. The Hall–Kier alpha value is -1.28. The minimum absolute atomic E-state index is 0.382. The summed E-state index contributed by atoms with van der Waals surface area (Å²) in [5.41, 5.74) is 2.48. The van der Waals surface area contributed by atoms with Gasteiger partial charge in [0.05, 0.1) is 6.04 Å². The first kappa shape index (κ1) is 10.2. The number of hydrogen-bond acceptors (Lipinski definition) is 2. The van der Waals surface area contributed by atoms with Crippen molar-refractivity contribution in [2.75, 3.05) is 5.32 Å². The van der Waals surface area contributed by atoms with Crippen molar-refractivity contribution in [2.45, 2.75) is 19.9 Å². The minimum Gasteiger partial charge on any atom is -0.378 e. The van der Waals surface area contributed by atoms with Gasteiger partial charge in [-0.05, 0) is 37.4 Å². The van der Waals surface area contributed by atoms with Crippen LogP contribution in [-0.4, -0.2) is 0 Å². The molecule has 0 spiro atoms. The van der Waals surface area contributed by atoms with Gasteiger partial charge >= 0.3 is 0 Å². The monoisotopic (exact) mass is 217 g/mol. The average Bonchev–Trinajstić information content (AvgIpc) is 2.74. The van der Waals surface area contributed by atoms with Crippen molar-refractivity contribution in [2.24, 2.45) is 0 Å². The van der Waals surface area contributed by atoms with Crippen molar-refractivity contribution >= 4 is 17.0 Å². The molecule has 2 aromatic rings. The first-order valence-electron chi connectivity index (χ1n) is 5.12. The Kier molecular flexibility index (Phi) is 3.07. The molecule has 0 amide bonds. The molecule has 0 aliphatic rings. The number of benzene rings is 1. The maximum atomic E-state index is 3.48. The summed E-state index contributed by atoms with van der Waals surface area (Å²) < 4.78 is 0. The van der Waals surface area contributed by atoms with Crippen LogP contribution in [0.2, 0.25) is 0 Å². The lowest BCUT2D eigenvalue weighted by Gasteiger charge is -2.13. The molecule has 15 heavy (non-hydrogen) atoms. The Morgan fingerprint density at radius 3 is 2.47 bits per heavy atom. The molecule has 0 unspecified atom stereocenters. The normalized spacial score (nSPS) is 12.4. The van der Waals surface area contributed by atoms with E-state index in [9.17, 15) is 0 Å². The van der Waals surface area contributed by atoms with Crippen LogP contribution in [0.3, 0.4) is 0 Å². The molecule has 0 saturated heterocycles. The van der Waals surface area contributed by atoms with E-state index in [0.717, 1.165) is 0 Å². The van der Waals surface area contributed by atoms with Crippen molar-refractivity contribution in [1.82, 2.24) is 0 Å². The van der Waals surface area contributed by atoms with Crippen LogP contribution in [-0.2, 0) is 0 Å². The molecule has 0 saturated carbocycles. The average molecular weight is 217 g/mol. The zero-order chi connectivity index (χ0) is 10.7. The molecule has 1 aromatic heterocycles. The second-order valence-electron chi connectivity index (χ2n) is 3.75. The highest BCUT2D eigenvalue weighted by atomic mass is 32.1. The van der Waals surface area contributed by atoms with Crippen LogP contribution in [0.5, 0.6) is 0 Å². The molecule has 0 bridgehead atoms. The van der Waals surface area contributed by atoms with Crippen LogP contribution < -0.4 is 5.32 Å². The van der Waals surface area contributed by atoms with Crippen molar-refractivity contribution in [1.29, 1.82) is 0 Å². The summed E-state index contributed by atoms with van der Waals surface area (Å²) in [7, 11) is 0.